The largest absolute Gasteiger partial charge is 0.421 e. The Bertz CT molecular complexity index is 860. The maximum Gasteiger partial charge on any atom is 0.249 e. The fourth-order valence-corrected chi connectivity index (χ4v) is 4.99. The van der Waals surface area contributed by atoms with E-state index in [1.165, 1.54) is 12.0 Å². The maximum atomic E-state index is 5.97. The van der Waals surface area contributed by atoms with Crippen LogP contribution in [-0.4, -0.2) is 66.0 Å². The second-order valence-electron chi connectivity index (χ2n) is 9.52. The van der Waals surface area contributed by atoms with Crippen LogP contribution < -0.4 is 5.32 Å². The van der Waals surface area contributed by atoms with Crippen LogP contribution in [0.15, 0.2) is 40.6 Å². The molecule has 3 unspecified atom stereocenters. The van der Waals surface area contributed by atoms with Gasteiger partial charge in [-0.05, 0) is 49.1 Å². The van der Waals surface area contributed by atoms with Gasteiger partial charge in [-0.1, -0.05) is 25.5 Å². The molecule has 0 bridgehead atoms. The molecule has 0 radical (unpaired) electrons. The van der Waals surface area contributed by atoms with Gasteiger partial charge in [0.05, 0.1) is 18.8 Å². The van der Waals surface area contributed by atoms with Gasteiger partial charge in [0, 0.05) is 51.5 Å². The van der Waals surface area contributed by atoms with Crippen LogP contribution >= 0.6 is 0 Å². The van der Waals surface area contributed by atoms with Crippen LogP contribution in [0.5, 0.6) is 0 Å². The van der Waals surface area contributed by atoms with Crippen molar-refractivity contribution in [3.63, 3.8) is 0 Å². The number of morpholine rings is 1. The molecular weight excluding hydrogens is 402 g/mol. The number of rotatable bonds is 9. The highest BCUT2D eigenvalue weighted by Crippen LogP contribution is 2.38. The fourth-order valence-electron chi connectivity index (χ4n) is 4.99. The van der Waals surface area contributed by atoms with Crippen LogP contribution in [0.4, 0.5) is 0 Å². The highest BCUT2D eigenvalue weighted by Gasteiger charge is 2.32. The van der Waals surface area contributed by atoms with Gasteiger partial charge in [-0.25, -0.2) is 0 Å². The standard InChI is InChI=1S/C25H37N5O2/c1-18(2)23-14-21(15-24-28-29-25(32-24)20-5-4-6-26-16-20)19(3)13-22(23)17-27-7-8-30-9-11-31-12-10-30/h4-6,13,16,18,21-23,27H,7-12,14-15,17H2,1-3H3. The first-order valence-electron chi connectivity index (χ1n) is 12.0. The van der Waals surface area contributed by atoms with Gasteiger partial charge in [-0.3, -0.25) is 9.88 Å². The van der Waals surface area contributed by atoms with Gasteiger partial charge in [-0.2, -0.15) is 0 Å². The molecule has 2 aromatic heterocycles. The summed E-state index contributed by atoms with van der Waals surface area (Å²) in [6.45, 7) is 14.0. The number of nitrogens with one attached hydrogen (secondary N) is 1. The Hall–Kier alpha value is -2.09. The lowest BCUT2D eigenvalue weighted by Crippen LogP contribution is -2.42. The van der Waals surface area contributed by atoms with Gasteiger partial charge in [0.2, 0.25) is 11.8 Å². The summed E-state index contributed by atoms with van der Waals surface area (Å²) in [5.41, 5.74) is 2.31. The smallest absolute Gasteiger partial charge is 0.249 e. The van der Waals surface area contributed by atoms with Crippen LogP contribution in [0.3, 0.4) is 0 Å². The Morgan fingerprint density at radius 3 is 2.81 bits per heavy atom. The first kappa shape index (κ1) is 23.1. The summed E-state index contributed by atoms with van der Waals surface area (Å²) in [5.74, 6) is 3.58. The summed E-state index contributed by atoms with van der Waals surface area (Å²) >= 11 is 0. The molecule has 1 aliphatic carbocycles. The third-order valence-corrected chi connectivity index (χ3v) is 6.97. The van der Waals surface area contributed by atoms with E-state index in [1.807, 2.05) is 12.1 Å². The Morgan fingerprint density at radius 2 is 2.06 bits per heavy atom. The van der Waals surface area contributed by atoms with Crippen molar-refractivity contribution in [3.8, 4) is 11.5 Å². The third-order valence-electron chi connectivity index (χ3n) is 6.97. The molecule has 1 fully saturated rings. The van der Waals surface area contributed by atoms with Crippen molar-refractivity contribution >= 4 is 0 Å². The normalized spacial score (nSPS) is 24.6. The topological polar surface area (TPSA) is 76.3 Å². The maximum absolute atomic E-state index is 5.97. The van der Waals surface area contributed by atoms with Crippen molar-refractivity contribution in [1.82, 2.24) is 25.4 Å². The molecule has 32 heavy (non-hydrogen) atoms. The molecule has 0 spiro atoms. The molecule has 4 rings (SSSR count). The molecule has 0 amide bonds. The Labute approximate surface area is 191 Å². The minimum atomic E-state index is 0.453. The van der Waals surface area contributed by atoms with Crippen LogP contribution in [0.1, 0.15) is 33.1 Å². The molecular formula is C25H37N5O2. The Morgan fingerprint density at radius 1 is 1.22 bits per heavy atom. The van der Waals surface area contributed by atoms with E-state index in [0.29, 0.717) is 35.5 Å². The van der Waals surface area contributed by atoms with E-state index in [4.69, 9.17) is 9.15 Å². The van der Waals surface area contributed by atoms with Gasteiger partial charge in [0.1, 0.15) is 0 Å². The second-order valence-corrected chi connectivity index (χ2v) is 9.52. The minimum absolute atomic E-state index is 0.453. The molecule has 0 saturated carbocycles. The van der Waals surface area contributed by atoms with E-state index in [0.717, 1.165) is 57.9 Å². The zero-order chi connectivity index (χ0) is 22.3. The first-order valence-corrected chi connectivity index (χ1v) is 12.0. The lowest BCUT2D eigenvalue weighted by Gasteiger charge is -2.37. The van der Waals surface area contributed by atoms with Crippen LogP contribution in [-0.2, 0) is 11.2 Å². The number of pyridine rings is 1. The minimum Gasteiger partial charge on any atom is -0.421 e. The average molecular weight is 440 g/mol. The molecule has 1 N–H and O–H groups in total. The summed E-state index contributed by atoms with van der Waals surface area (Å²) in [6.07, 6.45) is 7.97. The Kier molecular flexibility index (Phi) is 8.05. The van der Waals surface area contributed by atoms with E-state index < -0.39 is 0 Å². The predicted molar refractivity (Wildman–Crippen MR) is 125 cm³/mol. The molecule has 2 aromatic rings. The second kappa shape index (κ2) is 11.2. The van der Waals surface area contributed by atoms with Gasteiger partial charge in [-0.15, -0.1) is 10.2 Å². The molecule has 174 valence electrons. The van der Waals surface area contributed by atoms with Gasteiger partial charge in [0.25, 0.3) is 0 Å². The van der Waals surface area contributed by atoms with Crippen molar-refractivity contribution in [3.05, 3.63) is 42.1 Å². The Balaban J connectivity index is 1.33. The molecule has 3 heterocycles. The van der Waals surface area contributed by atoms with Crippen molar-refractivity contribution in [2.45, 2.75) is 33.6 Å². The predicted octanol–water partition coefficient (Wildman–Crippen LogP) is 3.45. The van der Waals surface area contributed by atoms with Crippen molar-refractivity contribution in [2.75, 3.05) is 45.9 Å². The number of hydrogen-bond donors (Lipinski definition) is 1. The number of hydrogen-bond acceptors (Lipinski definition) is 7. The van der Waals surface area contributed by atoms with Crippen LogP contribution in [0, 0.1) is 23.7 Å². The molecule has 2 aliphatic rings. The highest BCUT2D eigenvalue weighted by molar-refractivity contribution is 5.49. The van der Waals surface area contributed by atoms with Crippen molar-refractivity contribution in [1.29, 1.82) is 0 Å². The quantitative estimate of drug-likeness (QED) is 0.474. The summed E-state index contributed by atoms with van der Waals surface area (Å²) < 4.78 is 11.4. The van der Waals surface area contributed by atoms with E-state index in [2.05, 4.69) is 52.2 Å². The molecule has 1 saturated heterocycles. The monoisotopic (exact) mass is 439 g/mol. The lowest BCUT2D eigenvalue weighted by molar-refractivity contribution is 0.0382. The van der Waals surface area contributed by atoms with E-state index in [1.54, 1.807) is 12.4 Å². The van der Waals surface area contributed by atoms with Crippen LogP contribution in [0.2, 0.25) is 0 Å². The van der Waals surface area contributed by atoms with Crippen LogP contribution in [0.25, 0.3) is 11.5 Å². The molecule has 3 atom stereocenters. The fraction of sp³-hybridized carbons (Fsp3) is 0.640. The SMILES string of the molecule is CC1=CC(CNCCN2CCOCC2)C(C(C)C)CC1Cc1nnc(-c2cccnc2)o1. The molecule has 0 aromatic carbocycles. The summed E-state index contributed by atoms with van der Waals surface area (Å²) in [4.78, 5) is 6.63. The summed E-state index contributed by atoms with van der Waals surface area (Å²) in [6, 6.07) is 3.83. The van der Waals surface area contributed by atoms with Crippen molar-refractivity contribution in [2.24, 2.45) is 23.7 Å². The van der Waals surface area contributed by atoms with E-state index in [9.17, 15) is 0 Å². The van der Waals surface area contributed by atoms with Gasteiger partial charge < -0.3 is 14.5 Å². The number of nitrogens with zero attached hydrogens (tertiary/aromatic N) is 4. The number of allylic oxidation sites excluding steroid dienone is 1. The molecule has 7 heteroatoms. The average Bonchev–Trinajstić information content (AvgIpc) is 3.28. The summed E-state index contributed by atoms with van der Waals surface area (Å²) in [5, 5.41) is 12.3. The van der Waals surface area contributed by atoms with E-state index >= 15 is 0 Å². The van der Waals surface area contributed by atoms with Gasteiger partial charge in [0.15, 0.2) is 0 Å². The first-order chi connectivity index (χ1) is 15.6. The van der Waals surface area contributed by atoms with Gasteiger partial charge >= 0.3 is 0 Å². The molecule has 7 nitrogen and oxygen atoms in total. The summed E-state index contributed by atoms with van der Waals surface area (Å²) in [7, 11) is 0. The zero-order valence-electron chi connectivity index (χ0n) is 19.7. The molecule has 1 aliphatic heterocycles. The lowest BCUT2D eigenvalue weighted by atomic mass is 9.70. The third kappa shape index (κ3) is 6.03. The number of ether oxygens (including phenoxy) is 1. The van der Waals surface area contributed by atoms with E-state index in [-0.39, 0.29) is 0 Å². The zero-order valence-corrected chi connectivity index (χ0v) is 19.7. The highest BCUT2D eigenvalue weighted by atomic mass is 16.5. The van der Waals surface area contributed by atoms with Crippen molar-refractivity contribution < 1.29 is 9.15 Å². The number of aromatic nitrogens is 3.